The number of aromatic nitrogens is 2. The number of nitrogens with zero attached hydrogens (tertiary/aromatic N) is 4. The number of thiazole rings is 1. The van der Waals surface area contributed by atoms with E-state index in [0.717, 1.165) is 28.4 Å². The summed E-state index contributed by atoms with van der Waals surface area (Å²) in [6, 6.07) is 5.98. The second-order valence-electron chi connectivity index (χ2n) is 5.44. The molecule has 0 aliphatic carbocycles. The molecular weight excluding hydrogens is 388 g/mol. The quantitative estimate of drug-likeness (QED) is 0.525. The highest BCUT2D eigenvalue weighted by Crippen LogP contribution is 2.30. The minimum Gasteiger partial charge on any atom is -0.274 e. The van der Waals surface area contributed by atoms with Crippen LogP contribution in [0.3, 0.4) is 0 Å². The molecule has 3 rings (SSSR count). The van der Waals surface area contributed by atoms with Crippen LogP contribution in [-0.4, -0.2) is 28.0 Å². The number of amides is 2. The lowest BCUT2D eigenvalue weighted by molar-refractivity contribution is -0.115. The van der Waals surface area contributed by atoms with Crippen molar-refractivity contribution in [2.45, 2.75) is 6.92 Å². The van der Waals surface area contributed by atoms with Crippen molar-refractivity contribution in [3.63, 3.8) is 0 Å². The second-order valence-corrected chi connectivity index (χ2v) is 6.28. The summed E-state index contributed by atoms with van der Waals surface area (Å²) in [5.74, 6) is -2.55. The molecule has 2 heterocycles. The lowest BCUT2D eigenvalue weighted by Gasteiger charge is -2.18. The minimum absolute atomic E-state index is 0.113. The Balaban J connectivity index is 1.76. The molecule has 2 amide bonds. The number of hydrazone groups is 1. The van der Waals surface area contributed by atoms with Crippen molar-refractivity contribution in [1.29, 1.82) is 0 Å². The number of nitrogens with one attached hydrogen (secondary N) is 1. The SMILES string of the molecule is CC(=O)N(c1nc(/C=N\NC(=O)c2ccncc2)cs1)c1ccc(F)cc1F. The molecule has 0 saturated carbocycles. The van der Waals surface area contributed by atoms with Gasteiger partial charge in [-0.1, -0.05) is 0 Å². The van der Waals surface area contributed by atoms with Gasteiger partial charge in [0.1, 0.15) is 11.6 Å². The third-order valence-electron chi connectivity index (χ3n) is 3.47. The van der Waals surface area contributed by atoms with Crippen molar-refractivity contribution in [2.75, 3.05) is 4.90 Å². The molecule has 142 valence electrons. The Morgan fingerprint density at radius 1 is 1.21 bits per heavy atom. The van der Waals surface area contributed by atoms with Crippen LogP contribution in [0.4, 0.5) is 19.6 Å². The molecule has 1 aromatic carbocycles. The van der Waals surface area contributed by atoms with Crippen LogP contribution in [0.1, 0.15) is 23.0 Å². The summed E-state index contributed by atoms with van der Waals surface area (Å²) in [6.07, 6.45) is 4.25. The molecule has 28 heavy (non-hydrogen) atoms. The Kier molecular flexibility index (Phi) is 5.80. The molecule has 0 bridgehead atoms. The van der Waals surface area contributed by atoms with Crippen molar-refractivity contribution in [1.82, 2.24) is 15.4 Å². The summed E-state index contributed by atoms with van der Waals surface area (Å²) in [5, 5.41) is 5.57. The van der Waals surface area contributed by atoms with Gasteiger partial charge in [0.25, 0.3) is 5.91 Å². The maximum Gasteiger partial charge on any atom is 0.271 e. The predicted octanol–water partition coefficient (Wildman–Crippen LogP) is 3.26. The fourth-order valence-electron chi connectivity index (χ4n) is 2.23. The highest BCUT2D eigenvalue weighted by Gasteiger charge is 2.21. The summed E-state index contributed by atoms with van der Waals surface area (Å²) in [6.45, 7) is 1.24. The molecule has 0 aliphatic heterocycles. The van der Waals surface area contributed by atoms with E-state index in [2.05, 4.69) is 20.5 Å². The van der Waals surface area contributed by atoms with E-state index in [1.807, 2.05) is 0 Å². The van der Waals surface area contributed by atoms with Crippen LogP contribution in [0, 0.1) is 11.6 Å². The number of pyridine rings is 1. The zero-order chi connectivity index (χ0) is 20.1. The van der Waals surface area contributed by atoms with Gasteiger partial charge in [-0.15, -0.1) is 11.3 Å². The summed E-state index contributed by atoms with van der Waals surface area (Å²) in [7, 11) is 0. The van der Waals surface area contributed by atoms with Gasteiger partial charge in [-0.2, -0.15) is 5.10 Å². The first-order valence-electron chi connectivity index (χ1n) is 7.90. The highest BCUT2D eigenvalue weighted by molar-refractivity contribution is 7.14. The van der Waals surface area contributed by atoms with Gasteiger partial charge in [-0.3, -0.25) is 19.5 Å². The van der Waals surface area contributed by atoms with Gasteiger partial charge in [0.05, 0.1) is 17.6 Å². The molecule has 0 aliphatic rings. The van der Waals surface area contributed by atoms with Crippen molar-refractivity contribution in [3.8, 4) is 0 Å². The third kappa shape index (κ3) is 4.41. The number of anilines is 2. The number of carbonyl (C=O) groups is 2. The molecule has 7 nitrogen and oxygen atoms in total. The molecule has 0 spiro atoms. The summed E-state index contributed by atoms with van der Waals surface area (Å²) in [4.78, 5) is 32.9. The van der Waals surface area contributed by atoms with Gasteiger partial charge in [0.15, 0.2) is 5.13 Å². The first-order valence-corrected chi connectivity index (χ1v) is 8.78. The molecule has 2 aromatic heterocycles. The molecule has 10 heteroatoms. The molecule has 3 aromatic rings. The van der Waals surface area contributed by atoms with E-state index in [0.29, 0.717) is 17.3 Å². The number of rotatable bonds is 5. The van der Waals surface area contributed by atoms with E-state index in [1.165, 1.54) is 37.7 Å². The maximum absolute atomic E-state index is 14.1. The lowest BCUT2D eigenvalue weighted by atomic mass is 10.2. The van der Waals surface area contributed by atoms with Gasteiger partial charge in [-0.25, -0.2) is 19.2 Å². The summed E-state index contributed by atoms with van der Waals surface area (Å²) >= 11 is 1.07. The normalized spacial score (nSPS) is 10.8. The van der Waals surface area contributed by atoms with E-state index < -0.39 is 23.4 Å². The Bertz CT molecular complexity index is 1040. The standard InChI is InChI=1S/C18H13F2N5O2S/c1-11(26)25(16-3-2-13(19)8-15(16)20)18-23-14(10-28-18)9-22-24-17(27)12-4-6-21-7-5-12/h2-10H,1H3,(H,24,27)/b22-9-. The topological polar surface area (TPSA) is 87.5 Å². The summed E-state index contributed by atoms with van der Waals surface area (Å²) < 4.78 is 27.2. The van der Waals surface area contributed by atoms with Gasteiger partial charge >= 0.3 is 0 Å². The van der Waals surface area contributed by atoms with Crippen molar-refractivity contribution < 1.29 is 18.4 Å². The Morgan fingerprint density at radius 3 is 2.64 bits per heavy atom. The highest BCUT2D eigenvalue weighted by atomic mass is 32.1. The molecule has 0 unspecified atom stereocenters. The largest absolute Gasteiger partial charge is 0.274 e. The Labute approximate surface area is 162 Å². The van der Waals surface area contributed by atoms with E-state index in [-0.39, 0.29) is 10.8 Å². The van der Waals surface area contributed by atoms with Gasteiger partial charge in [-0.05, 0) is 24.3 Å². The fourth-order valence-corrected chi connectivity index (χ4v) is 3.06. The van der Waals surface area contributed by atoms with Crippen molar-refractivity contribution >= 4 is 40.2 Å². The van der Waals surface area contributed by atoms with Gasteiger partial charge in [0.2, 0.25) is 5.91 Å². The van der Waals surface area contributed by atoms with E-state index >= 15 is 0 Å². The van der Waals surface area contributed by atoms with Crippen molar-refractivity contribution in [2.24, 2.45) is 5.10 Å². The van der Waals surface area contributed by atoms with Crippen LogP contribution >= 0.6 is 11.3 Å². The zero-order valence-electron chi connectivity index (χ0n) is 14.5. The van der Waals surface area contributed by atoms with E-state index in [1.54, 1.807) is 5.38 Å². The van der Waals surface area contributed by atoms with Crippen LogP contribution in [-0.2, 0) is 4.79 Å². The Hall–Kier alpha value is -3.53. The van der Waals surface area contributed by atoms with Gasteiger partial charge in [0, 0.05) is 36.3 Å². The molecule has 0 saturated heterocycles. The van der Waals surface area contributed by atoms with Crippen molar-refractivity contribution in [3.05, 3.63) is 71.0 Å². The minimum atomic E-state index is -0.884. The monoisotopic (exact) mass is 401 g/mol. The van der Waals surface area contributed by atoms with Crippen LogP contribution in [0.25, 0.3) is 0 Å². The number of halogens is 2. The average Bonchev–Trinajstić information content (AvgIpc) is 3.12. The Morgan fingerprint density at radius 2 is 1.96 bits per heavy atom. The second kappa shape index (κ2) is 8.44. The number of benzene rings is 1. The number of hydrogen-bond acceptors (Lipinski definition) is 6. The predicted molar refractivity (Wildman–Crippen MR) is 101 cm³/mol. The lowest BCUT2D eigenvalue weighted by Crippen LogP contribution is -2.23. The zero-order valence-corrected chi connectivity index (χ0v) is 15.3. The van der Waals surface area contributed by atoms with Crippen LogP contribution in [0.15, 0.2) is 53.2 Å². The van der Waals surface area contributed by atoms with E-state index in [4.69, 9.17) is 0 Å². The fraction of sp³-hybridized carbons (Fsp3) is 0.0556. The van der Waals surface area contributed by atoms with Gasteiger partial charge < -0.3 is 0 Å². The third-order valence-corrected chi connectivity index (χ3v) is 4.32. The number of hydrogen-bond donors (Lipinski definition) is 1. The van der Waals surface area contributed by atoms with E-state index in [9.17, 15) is 18.4 Å². The first-order chi connectivity index (χ1) is 13.5. The molecule has 0 radical (unpaired) electrons. The average molecular weight is 401 g/mol. The smallest absolute Gasteiger partial charge is 0.271 e. The summed E-state index contributed by atoms with van der Waals surface area (Å²) in [5.41, 5.74) is 2.97. The molecule has 0 fully saturated rings. The molecular formula is C18H13F2N5O2S. The van der Waals surface area contributed by atoms with Crippen LogP contribution < -0.4 is 10.3 Å². The van der Waals surface area contributed by atoms with Crippen LogP contribution in [0.2, 0.25) is 0 Å². The first kappa shape index (κ1) is 19.2. The molecule has 1 N–H and O–H groups in total. The molecule has 0 atom stereocenters. The van der Waals surface area contributed by atoms with Crippen LogP contribution in [0.5, 0.6) is 0 Å². The maximum atomic E-state index is 14.1. The number of carbonyl (C=O) groups excluding carboxylic acids is 2.